The molecule has 7 nitrogen and oxygen atoms in total. The lowest BCUT2D eigenvalue weighted by molar-refractivity contribution is -0.119. The van der Waals surface area contributed by atoms with Crippen molar-refractivity contribution in [2.24, 2.45) is 0 Å². The van der Waals surface area contributed by atoms with Crippen LogP contribution in [0.4, 0.5) is 10.1 Å². The van der Waals surface area contributed by atoms with E-state index in [1.54, 1.807) is 24.1 Å². The fraction of sp³-hybridized carbons (Fsp3) is 0.345. The molecular weight excluding hydrogens is 475 g/mol. The molecule has 37 heavy (non-hydrogen) atoms. The van der Waals surface area contributed by atoms with Crippen LogP contribution in [0, 0.1) is 5.82 Å². The lowest BCUT2D eigenvalue weighted by atomic mass is 10.1. The number of nitrogens with one attached hydrogen (secondary N) is 1. The second-order valence-electron chi connectivity index (χ2n) is 8.76. The van der Waals surface area contributed by atoms with Gasteiger partial charge >= 0.3 is 0 Å². The van der Waals surface area contributed by atoms with Crippen molar-refractivity contribution in [3.05, 3.63) is 89.7 Å². The standard InChI is InChI=1S/C29H33FN2O5/c1-34-27-5-2-3-6-28(27)37-16-4-15-35-19-23-9-13-25(14-10-23)32-26(17-31-18-29(32)33)21-36-20-22-7-11-24(30)12-8-22/h2-3,5-14,26,31H,4,15-21H2,1H3/t26-/m1/s1. The van der Waals surface area contributed by atoms with Crippen molar-refractivity contribution >= 4 is 11.6 Å². The monoisotopic (exact) mass is 508 g/mol. The van der Waals surface area contributed by atoms with Gasteiger partial charge in [-0.25, -0.2) is 4.39 Å². The normalized spacial score (nSPS) is 15.6. The summed E-state index contributed by atoms with van der Waals surface area (Å²) in [6.45, 7) is 3.24. The van der Waals surface area contributed by atoms with Gasteiger partial charge in [0.15, 0.2) is 11.5 Å². The highest BCUT2D eigenvalue weighted by Crippen LogP contribution is 2.26. The summed E-state index contributed by atoms with van der Waals surface area (Å²) < 4.78 is 35.8. The highest BCUT2D eigenvalue weighted by molar-refractivity contribution is 5.96. The number of para-hydroxylation sites is 2. The maximum absolute atomic E-state index is 13.1. The largest absolute Gasteiger partial charge is 0.493 e. The molecule has 1 N–H and O–H groups in total. The molecule has 1 saturated heterocycles. The Labute approximate surface area is 217 Å². The van der Waals surface area contributed by atoms with Crippen LogP contribution in [0.5, 0.6) is 11.5 Å². The van der Waals surface area contributed by atoms with E-state index in [1.165, 1.54) is 12.1 Å². The van der Waals surface area contributed by atoms with Gasteiger partial charge in [0, 0.05) is 18.7 Å². The SMILES string of the molecule is COc1ccccc1OCCCOCc1ccc(N2C(=O)CNC[C@@H]2COCc2ccc(F)cc2)cc1. The van der Waals surface area contributed by atoms with Gasteiger partial charge in [-0.15, -0.1) is 0 Å². The maximum atomic E-state index is 13.1. The number of carbonyl (C=O) groups excluding carboxylic acids is 1. The number of rotatable bonds is 13. The molecule has 196 valence electrons. The van der Waals surface area contributed by atoms with E-state index >= 15 is 0 Å². The average molecular weight is 509 g/mol. The van der Waals surface area contributed by atoms with Gasteiger partial charge in [0.2, 0.25) is 5.91 Å². The third kappa shape index (κ3) is 7.76. The summed E-state index contributed by atoms with van der Waals surface area (Å²) in [6.07, 6.45) is 0.755. The van der Waals surface area contributed by atoms with Gasteiger partial charge in [-0.3, -0.25) is 4.79 Å². The molecule has 4 rings (SSSR count). The van der Waals surface area contributed by atoms with E-state index in [0.29, 0.717) is 45.3 Å². The fourth-order valence-electron chi connectivity index (χ4n) is 4.13. The average Bonchev–Trinajstić information content (AvgIpc) is 2.92. The number of ether oxygens (including phenoxy) is 4. The van der Waals surface area contributed by atoms with Crippen LogP contribution in [0.3, 0.4) is 0 Å². The minimum atomic E-state index is -0.274. The van der Waals surface area contributed by atoms with Crippen molar-refractivity contribution in [3.63, 3.8) is 0 Å². The molecule has 1 fully saturated rings. The molecule has 0 saturated carbocycles. The molecule has 0 bridgehead atoms. The van der Waals surface area contributed by atoms with Crippen LogP contribution in [0.2, 0.25) is 0 Å². The summed E-state index contributed by atoms with van der Waals surface area (Å²) in [5, 5.41) is 3.16. The first-order chi connectivity index (χ1) is 18.1. The molecule has 0 radical (unpaired) electrons. The summed E-state index contributed by atoms with van der Waals surface area (Å²) in [4.78, 5) is 14.5. The molecule has 0 unspecified atom stereocenters. The van der Waals surface area contributed by atoms with Gasteiger partial charge in [0.05, 0.1) is 52.7 Å². The van der Waals surface area contributed by atoms with E-state index in [-0.39, 0.29) is 24.3 Å². The van der Waals surface area contributed by atoms with Crippen LogP contribution in [-0.2, 0) is 27.5 Å². The summed E-state index contributed by atoms with van der Waals surface area (Å²) in [7, 11) is 1.62. The van der Waals surface area contributed by atoms with Gasteiger partial charge in [0.25, 0.3) is 0 Å². The third-order valence-corrected chi connectivity index (χ3v) is 6.03. The topological polar surface area (TPSA) is 69.3 Å². The molecular formula is C29H33FN2O5. The zero-order chi connectivity index (χ0) is 25.9. The summed E-state index contributed by atoms with van der Waals surface area (Å²) >= 11 is 0. The molecule has 1 heterocycles. The number of hydrogen-bond acceptors (Lipinski definition) is 6. The Morgan fingerprint density at radius 1 is 0.892 bits per heavy atom. The molecule has 3 aromatic carbocycles. The van der Waals surface area contributed by atoms with Gasteiger partial charge in [-0.05, 0) is 47.5 Å². The van der Waals surface area contributed by atoms with Crippen LogP contribution in [0.25, 0.3) is 0 Å². The van der Waals surface area contributed by atoms with Crippen LogP contribution in [0.1, 0.15) is 17.5 Å². The predicted octanol–water partition coefficient (Wildman–Crippen LogP) is 4.34. The third-order valence-electron chi connectivity index (χ3n) is 6.03. The van der Waals surface area contributed by atoms with Crippen molar-refractivity contribution in [3.8, 4) is 11.5 Å². The number of halogens is 1. The summed E-state index contributed by atoms with van der Waals surface area (Å²) in [5.74, 6) is 1.17. The number of carbonyl (C=O) groups is 1. The van der Waals surface area contributed by atoms with E-state index < -0.39 is 0 Å². The molecule has 1 aliphatic rings. The Bertz CT molecular complexity index is 1120. The van der Waals surface area contributed by atoms with E-state index in [9.17, 15) is 9.18 Å². The predicted molar refractivity (Wildman–Crippen MR) is 139 cm³/mol. The Morgan fingerprint density at radius 2 is 1.57 bits per heavy atom. The Morgan fingerprint density at radius 3 is 2.30 bits per heavy atom. The van der Waals surface area contributed by atoms with E-state index in [4.69, 9.17) is 18.9 Å². The number of piperazine rings is 1. The van der Waals surface area contributed by atoms with Crippen LogP contribution in [0.15, 0.2) is 72.8 Å². The minimum absolute atomic E-state index is 0.000628. The number of methoxy groups -OCH3 is 1. The number of anilines is 1. The highest BCUT2D eigenvalue weighted by atomic mass is 19.1. The molecule has 0 spiro atoms. The zero-order valence-corrected chi connectivity index (χ0v) is 21.0. The number of hydrogen-bond donors (Lipinski definition) is 1. The van der Waals surface area contributed by atoms with Crippen LogP contribution >= 0.6 is 0 Å². The molecule has 0 aliphatic carbocycles. The first-order valence-electron chi connectivity index (χ1n) is 12.4. The van der Waals surface area contributed by atoms with Gasteiger partial charge < -0.3 is 29.2 Å². The fourth-order valence-corrected chi connectivity index (χ4v) is 4.13. The molecule has 1 amide bonds. The second-order valence-corrected chi connectivity index (χ2v) is 8.76. The highest BCUT2D eigenvalue weighted by Gasteiger charge is 2.29. The maximum Gasteiger partial charge on any atom is 0.241 e. The van der Waals surface area contributed by atoms with Gasteiger partial charge in [-0.1, -0.05) is 36.4 Å². The van der Waals surface area contributed by atoms with Crippen molar-refractivity contribution in [1.29, 1.82) is 0 Å². The van der Waals surface area contributed by atoms with Crippen molar-refractivity contribution in [2.75, 3.05) is 44.9 Å². The first kappa shape index (κ1) is 26.6. The van der Waals surface area contributed by atoms with Crippen LogP contribution < -0.4 is 19.7 Å². The van der Waals surface area contributed by atoms with Crippen molar-refractivity contribution < 1.29 is 28.1 Å². The Hall–Kier alpha value is -3.46. The summed E-state index contributed by atoms with van der Waals surface area (Å²) in [5.41, 5.74) is 2.75. The lowest BCUT2D eigenvalue weighted by Crippen LogP contribution is -2.57. The van der Waals surface area contributed by atoms with E-state index in [2.05, 4.69) is 5.32 Å². The second kappa shape index (κ2) is 13.7. The molecule has 0 aromatic heterocycles. The quantitative estimate of drug-likeness (QED) is 0.347. The number of benzene rings is 3. The van der Waals surface area contributed by atoms with Gasteiger partial charge in [-0.2, -0.15) is 0 Å². The first-order valence-corrected chi connectivity index (χ1v) is 12.4. The number of nitrogens with zero attached hydrogens (tertiary/aromatic N) is 1. The Kier molecular flexibility index (Phi) is 9.88. The van der Waals surface area contributed by atoms with Crippen LogP contribution in [-0.4, -0.2) is 52.0 Å². The molecule has 1 atom stereocenters. The minimum Gasteiger partial charge on any atom is -0.493 e. The zero-order valence-electron chi connectivity index (χ0n) is 21.0. The lowest BCUT2D eigenvalue weighted by Gasteiger charge is -2.36. The van der Waals surface area contributed by atoms with Gasteiger partial charge in [0.1, 0.15) is 5.82 Å². The smallest absolute Gasteiger partial charge is 0.241 e. The molecule has 8 heteroatoms. The van der Waals surface area contributed by atoms with E-state index in [0.717, 1.165) is 29.0 Å². The molecule has 3 aromatic rings. The Balaban J connectivity index is 1.22. The van der Waals surface area contributed by atoms with E-state index in [1.807, 2.05) is 48.5 Å². The molecule has 1 aliphatic heterocycles. The number of amides is 1. The van der Waals surface area contributed by atoms with Crippen molar-refractivity contribution in [1.82, 2.24) is 5.32 Å². The summed E-state index contributed by atoms with van der Waals surface area (Å²) in [6, 6.07) is 21.5. The van der Waals surface area contributed by atoms with Crippen molar-refractivity contribution in [2.45, 2.75) is 25.7 Å².